The topological polar surface area (TPSA) is 88.1 Å². The van der Waals surface area contributed by atoms with Crippen molar-refractivity contribution >= 4 is 11.9 Å². The molecule has 0 aromatic heterocycles. The monoisotopic (exact) mass is 444 g/mol. The lowest BCUT2D eigenvalue weighted by atomic mass is 9.92. The minimum absolute atomic E-state index is 0.0415. The van der Waals surface area contributed by atoms with Gasteiger partial charge in [0.15, 0.2) is 0 Å². The number of alkyl halides is 3. The zero-order valence-corrected chi connectivity index (χ0v) is 17.2. The molecular formula is C21H27F3N2O5. The predicted molar refractivity (Wildman–Crippen MR) is 105 cm³/mol. The van der Waals surface area contributed by atoms with Gasteiger partial charge in [0.1, 0.15) is 5.75 Å². The molecule has 1 aromatic carbocycles. The first-order valence-corrected chi connectivity index (χ1v) is 10.3. The Morgan fingerprint density at radius 2 is 1.94 bits per heavy atom. The fourth-order valence-corrected chi connectivity index (χ4v) is 4.19. The van der Waals surface area contributed by atoms with Gasteiger partial charge in [-0.2, -0.15) is 13.2 Å². The summed E-state index contributed by atoms with van der Waals surface area (Å²) in [5, 5.41) is 10.3. The molecule has 2 N–H and O–H groups in total. The van der Waals surface area contributed by atoms with Crippen molar-refractivity contribution in [1.29, 1.82) is 0 Å². The van der Waals surface area contributed by atoms with Crippen molar-refractivity contribution < 1.29 is 37.3 Å². The van der Waals surface area contributed by atoms with Crippen molar-refractivity contribution in [2.45, 2.75) is 56.6 Å². The van der Waals surface area contributed by atoms with Gasteiger partial charge in [0.25, 0.3) is 0 Å². The molecule has 2 saturated heterocycles. The van der Waals surface area contributed by atoms with E-state index in [1.165, 1.54) is 12.0 Å². The second kappa shape index (κ2) is 9.86. The van der Waals surface area contributed by atoms with Crippen molar-refractivity contribution in [3.05, 3.63) is 29.8 Å². The Balaban J connectivity index is 0.000000339. The highest BCUT2D eigenvalue weighted by atomic mass is 19.4. The molecular weight excluding hydrogens is 417 g/mol. The summed E-state index contributed by atoms with van der Waals surface area (Å²) in [4.78, 5) is 24.0. The third kappa shape index (κ3) is 5.68. The molecule has 3 aliphatic rings. The number of methoxy groups -OCH3 is 1. The minimum atomic E-state index is -5.08. The number of amides is 1. The molecule has 0 bridgehead atoms. The number of carboxylic acid groups (broad SMARTS) is 1. The van der Waals surface area contributed by atoms with Crippen LogP contribution in [0.2, 0.25) is 0 Å². The molecule has 2 heterocycles. The van der Waals surface area contributed by atoms with Gasteiger partial charge < -0.3 is 19.9 Å². The number of carbonyl (C=O) groups excluding carboxylic acids is 1. The predicted octanol–water partition coefficient (Wildman–Crippen LogP) is 2.59. The van der Waals surface area contributed by atoms with Crippen molar-refractivity contribution in [3.63, 3.8) is 0 Å². The third-order valence-corrected chi connectivity index (χ3v) is 6.00. The van der Waals surface area contributed by atoms with E-state index in [1.807, 2.05) is 18.2 Å². The highest BCUT2D eigenvalue weighted by molar-refractivity contribution is 5.80. The Labute approximate surface area is 178 Å². The molecule has 0 radical (unpaired) electrons. The number of likely N-dealkylation sites (tertiary alicyclic amines) is 1. The molecule has 1 saturated carbocycles. The maximum atomic E-state index is 12.7. The fraction of sp³-hybridized carbons (Fsp3) is 0.619. The highest BCUT2D eigenvalue weighted by Gasteiger charge is 2.49. The van der Waals surface area contributed by atoms with Gasteiger partial charge in [0.05, 0.1) is 19.1 Å². The summed E-state index contributed by atoms with van der Waals surface area (Å²) in [5.74, 6) is -1.71. The van der Waals surface area contributed by atoms with Crippen LogP contribution in [0.1, 0.15) is 31.2 Å². The van der Waals surface area contributed by atoms with E-state index in [-0.39, 0.29) is 17.9 Å². The number of ether oxygens (including phenoxy) is 2. The first-order valence-electron chi connectivity index (χ1n) is 10.3. The standard InChI is InChI=1S/C19H26N2O3.C2HF3O2/c1-23-17-8-3-2-5-13(17)11-21-12-15(18-16(21)9-10-24-18)19(22)20-14-6-4-7-14;3-2(4,5)1(6)7/h2-3,5,8,14-16,18H,4,6-7,9-12H2,1H3,(H,20,22);(H,6,7)/t15-,16+,18+;/m0./s1. The largest absolute Gasteiger partial charge is 0.496 e. The van der Waals surface area contributed by atoms with E-state index in [0.29, 0.717) is 12.1 Å². The van der Waals surface area contributed by atoms with Gasteiger partial charge in [-0.3, -0.25) is 9.69 Å². The zero-order chi connectivity index (χ0) is 22.6. The van der Waals surface area contributed by atoms with Gasteiger partial charge in [0, 0.05) is 37.3 Å². The molecule has 0 spiro atoms. The fourth-order valence-electron chi connectivity index (χ4n) is 4.19. The molecule has 1 amide bonds. The molecule has 10 heteroatoms. The molecule has 4 rings (SSSR count). The van der Waals surface area contributed by atoms with E-state index < -0.39 is 12.1 Å². The van der Waals surface area contributed by atoms with Gasteiger partial charge in [-0.25, -0.2) is 4.79 Å². The third-order valence-electron chi connectivity index (χ3n) is 6.00. The van der Waals surface area contributed by atoms with Gasteiger partial charge in [0.2, 0.25) is 5.91 Å². The average Bonchev–Trinajstić information content (AvgIpc) is 3.28. The van der Waals surface area contributed by atoms with Gasteiger partial charge in [-0.1, -0.05) is 18.2 Å². The lowest BCUT2D eigenvalue weighted by molar-refractivity contribution is -0.192. The number of carboxylic acids is 1. The van der Waals surface area contributed by atoms with Crippen LogP contribution in [-0.4, -0.2) is 66.5 Å². The number of carbonyl (C=O) groups is 2. The quantitative estimate of drug-likeness (QED) is 0.726. The van der Waals surface area contributed by atoms with Crippen LogP contribution >= 0.6 is 0 Å². The zero-order valence-electron chi connectivity index (χ0n) is 17.2. The number of aliphatic carboxylic acids is 1. The van der Waals surface area contributed by atoms with Crippen molar-refractivity contribution in [1.82, 2.24) is 10.2 Å². The van der Waals surface area contributed by atoms with E-state index in [4.69, 9.17) is 19.4 Å². The summed E-state index contributed by atoms with van der Waals surface area (Å²) in [7, 11) is 1.71. The Bertz CT molecular complexity index is 785. The number of halogens is 3. The van der Waals surface area contributed by atoms with E-state index in [1.54, 1.807) is 7.11 Å². The molecule has 172 valence electrons. The Morgan fingerprint density at radius 3 is 2.52 bits per heavy atom. The first-order chi connectivity index (χ1) is 14.7. The van der Waals surface area contributed by atoms with Crippen molar-refractivity contribution in [3.8, 4) is 5.75 Å². The molecule has 1 aliphatic carbocycles. The molecule has 1 aromatic rings. The number of hydrogen-bond acceptors (Lipinski definition) is 5. The van der Waals surface area contributed by atoms with Crippen LogP contribution in [0.5, 0.6) is 5.75 Å². The lowest BCUT2D eigenvalue weighted by Crippen LogP contribution is -2.45. The number of fused-ring (bicyclic) bond motifs is 1. The number of rotatable bonds is 5. The van der Waals surface area contributed by atoms with Crippen molar-refractivity contribution in [2.24, 2.45) is 5.92 Å². The van der Waals surface area contributed by atoms with Crippen LogP contribution in [0, 0.1) is 5.92 Å². The van der Waals surface area contributed by atoms with Crippen molar-refractivity contribution in [2.75, 3.05) is 20.3 Å². The smallest absolute Gasteiger partial charge is 0.490 e. The molecule has 2 aliphatic heterocycles. The Hall–Kier alpha value is -2.33. The van der Waals surface area contributed by atoms with E-state index >= 15 is 0 Å². The average molecular weight is 444 g/mol. The van der Waals surface area contributed by atoms with Crippen LogP contribution in [0.4, 0.5) is 13.2 Å². The molecule has 3 atom stereocenters. The summed E-state index contributed by atoms with van der Waals surface area (Å²) in [6.07, 6.45) is -0.554. The Kier molecular flexibility index (Phi) is 7.42. The summed E-state index contributed by atoms with van der Waals surface area (Å²) < 4.78 is 43.1. The van der Waals surface area contributed by atoms with E-state index in [9.17, 15) is 18.0 Å². The highest BCUT2D eigenvalue weighted by Crippen LogP contribution is 2.36. The van der Waals surface area contributed by atoms with Crippen LogP contribution in [0.25, 0.3) is 0 Å². The van der Waals surface area contributed by atoms with E-state index in [2.05, 4.69) is 16.3 Å². The maximum absolute atomic E-state index is 12.7. The summed E-state index contributed by atoms with van der Waals surface area (Å²) in [6.45, 7) is 2.33. The second-order valence-electron chi connectivity index (χ2n) is 7.98. The van der Waals surface area contributed by atoms with Gasteiger partial charge in [-0.05, 0) is 31.7 Å². The van der Waals surface area contributed by atoms with Crippen LogP contribution in [0.15, 0.2) is 24.3 Å². The number of nitrogens with one attached hydrogen (secondary N) is 1. The summed E-state index contributed by atoms with van der Waals surface area (Å²) >= 11 is 0. The molecule has 3 fully saturated rings. The number of nitrogens with zero attached hydrogens (tertiary/aromatic N) is 1. The molecule has 7 nitrogen and oxygen atoms in total. The van der Waals surface area contributed by atoms with E-state index in [0.717, 1.165) is 44.7 Å². The van der Waals surface area contributed by atoms with Gasteiger partial charge in [-0.15, -0.1) is 0 Å². The molecule has 0 unspecified atom stereocenters. The number of hydrogen-bond donors (Lipinski definition) is 2. The first kappa shape index (κ1) is 23.3. The number of benzene rings is 1. The normalized spacial score (nSPS) is 25.7. The second-order valence-corrected chi connectivity index (χ2v) is 7.98. The van der Waals surface area contributed by atoms with Crippen LogP contribution < -0.4 is 10.1 Å². The lowest BCUT2D eigenvalue weighted by Gasteiger charge is -2.28. The number of para-hydroxylation sites is 1. The van der Waals surface area contributed by atoms with Crippen LogP contribution in [-0.2, 0) is 20.9 Å². The van der Waals surface area contributed by atoms with Crippen LogP contribution in [0.3, 0.4) is 0 Å². The Morgan fingerprint density at radius 1 is 1.26 bits per heavy atom. The summed E-state index contributed by atoms with van der Waals surface area (Å²) in [6, 6.07) is 8.85. The molecule has 31 heavy (non-hydrogen) atoms. The SMILES string of the molecule is COc1ccccc1CN1C[C@H](C(=O)NC2CCC2)[C@H]2OCC[C@H]21.O=C(O)C(F)(F)F. The van der Waals surface area contributed by atoms with Gasteiger partial charge >= 0.3 is 12.1 Å². The minimum Gasteiger partial charge on any atom is -0.496 e. The summed E-state index contributed by atoms with van der Waals surface area (Å²) in [5.41, 5.74) is 1.17. The maximum Gasteiger partial charge on any atom is 0.490 e.